The molecule has 1 atom stereocenters. The summed E-state index contributed by atoms with van der Waals surface area (Å²) < 4.78 is 0. The summed E-state index contributed by atoms with van der Waals surface area (Å²) in [6.45, 7) is 4.48. The molecule has 0 saturated heterocycles. The fourth-order valence-electron chi connectivity index (χ4n) is 10.1. The van der Waals surface area contributed by atoms with Crippen molar-refractivity contribution in [2.75, 3.05) is 4.90 Å². The molecule has 9 aromatic rings. The Bertz CT molecular complexity index is 3100. The van der Waals surface area contributed by atoms with Gasteiger partial charge in [-0.3, -0.25) is 0 Å². The second kappa shape index (κ2) is 15.4. The van der Waals surface area contributed by atoms with Crippen LogP contribution in [0.2, 0.25) is 0 Å². The molecule has 296 valence electrons. The van der Waals surface area contributed by atoms with Crippen LogP contribution in [0.1, 0.15) is 45.9 Å². The zero-order valence-electron chi connectivity index (χ0n) is 35.0. The third-order valence-electron chi connectivity index (χ3n) is 13.1. The molecule has 0 saturated carbocycles. The van der Waals surface area contributed by atoms with E-state index in [1.807, 2.05) is 0 Å². The van der Waals surface area contributed by atoms with Crippen molar-refractivity contribution in [2.24, 2.45) is 0 Å². The number of nitrogens with one attached hydrogen (secondary N) is 1. The molecule has 0 amide bonds. The highest BCUT2D eigenvalue weighted by Gasteiger charge is 2.46. The highest BCUT2D eigenvalue weighted by atomic mass is 15.1. The minimum atomic E-state index is -0.499. The van der Waals surface area contributed by atoms with Crippen LogP contribution < -0.4 is 10.2 Å². The minimum absolute atomic E-state index is 0.182. The lowest BCUT2D eigenvalue weighted by molar-refractivity contribution is 0.768. The Morgan fingerprint density at radius 1 is 0.468 bits per heavy atom. The van der Waals surface area contributed by atoms with Gasteiger partial charge in [-0.05, 0) is 139 Å². The molecule has 11 rings (SSSR count). The van der Waals surface area contributed by atoms with E-state index >= 15 is 0 Å². The standard InChI is InChI=1S/C60H46N2/c1-41-26-27-46-18-12-13-23-53(46)59(41)56-38-47(40-61-42(56)2)45-30-34-51(35-31-45)62(50-32-28-44(29-33-50)43-16-6-3-7-17-43)52-36-37-55-54-24-14-15-25-57(54)60(58(55)39-52,48-19-8-4-9-20-48)49-21-10-5-11-22-49/h3-40,42,61H,1-2H3. The third kappa shape index (κ3) is 6.18. The molecule has 9 aromatic carbocycles. The number of rotatable bonds is 8. The number of hydrogen-bond acceptors (Lipinski definition) is 2. The Morgan fingerprint density at radius 2 is 1.02 bits per heavy atom. The molecule has 1 unspecified atom stereocenters. The molecule has 1 heterocycles. The largest absolute Gasteiger partial charge is 0.384 e. The summed E-state index contributed by atoms with van der Waals surface area (Å²) >= 11 is 0. The number of nitrogens with zero attached hydrogens (tertiary/aromatic N) is 1. The lowest BCUT2D eigenvalue weighted by atomic mass is 9.67. The molecular formula is C60H46N2. The molecule has 0 radical (unpaired) electrons. The van der Waals surface area contributed by atoms with Gasteiger partial charge in [0.05, 0.1) is 5.41 Å². The van der Waals surface area contributed by atoms with E-state index in [4.69, 9.17) is 0 Å². The Labute approximate surface area is 364 Å². The van der Waals surface area contributed by atoms with E-state index in [-0.39, 0.29) is 6.04 Å². The Morgan fingerprint density at radius 3 is 1.71 bits per heavy atom. The molecule has 0 spiro atoms. The average molecular weight is 795 g/mol. The monoisotopic (exact) mass is 794 g/mol. The van der Waals surface area contributed by atoms with E-state index in [1.165, 1.54) is 83.1 Å². The fourth-order valence-corrected chi connectivity index (χ4v) is 10.1. The zero-order chi connectivity index (χ0) is 41.6. The first-order chi connectivity index (χ1) is 30.6. The molecule has 2 heteroatoms. The van der Waals surface area contributed by atoms with E-state index in [1.54, 1.807) is 0 Å². The maximum atomic E-state index is 3.70. The van der Waals surface area contributed by atoms with E-state index < -0.39 is 5.41 Å². The topological polar surface area (TPSA) is 15.3 Å². The van der Waals surface area contributed by atoms with Crippen LogP contribution in [0.15, 0.2) is 231 Å². The number of fused-ring (bicyclic) bond motifs is 4. The van der Waals surface area contributed by atoms with Crippen molar-refractivity contribution in [2.45, 2.75) is 25.3 Å². The van der Waals surface area contributed by atoms with Crippen LogP contribution in [0.25, 0.3) is 44.2 Å². The number of aryl methyl sites for hydroxylation is 1. The summed E-state index contributed by atoms with van der Waals surface area (Å²) in [6, 6.07) is 80.3. The van der Waals surface area contributed by atoms with Crippen LogP contribution in [0, 0.1) is 6.92 Å². The Hall–Kier alpha value is -7.68. The number of anilines is 3. The van der Waals surface area contributed by atoms with Crippen LogP contribution >= 0.6 is 0 Å². The lowest BCUT2D eigenvalue weighted by Gasteiger charge is -2.35. The summed E-state index contributed by atoms with van der Waals surface area (Å²) in [4.78, 5) is 2.42. The Kier molecular flexibility index (Phi) is 9.28. The quantitative estimate of drug-likeness (QED) is 0.165. The lowest BCUT2D eigenvalue weighted by Crippen LogP contribution is -2.28. The first-order valence-corrected chi connectivity index (χ1v) is 21.7. The number of dihydropyridines is 1. The first kappa shape index (κ1) is 37.3. The summed E-state index contributed by atoms with van der Waals surface area (Å²) in [5, 5.41) is 6.26. The van der Waals surface area contributed by atoms with E-state index in [2.05, 4.69) is 255 Å². The number of hydrogen-bond donors (Lipinski definition) is 1. The van der Waals surface area contributed by atoms with Gasteiger partial charge in [-0.15, -0.1) is 0 Å². The fraction of sp³-hybridized carbons (Fsp3) is 0.0667. The van der Waals surface area contributed by atoms with E-state index in [0.29, 0.717) is 0 Å². The van der Waals surface area contributed by atoms with Crippen molar-refractivity contribution in [1.29, 1.82) is 0 Å². The van der Waals surface area contributed by atoms with Crippen LogP contribution in [-0.4, -0.2) is 6.04 Å². The van der Waals surface area contributed by atoms with Crippen molar-refractivity contribution in [1.82, 2.24) is 5.32 Å². The molecular weight excluding hydrogens is 749 g/mol. The molecule has 2 aliphatic rings. The van der Waals surface area contributed by atoms with Gasteiger partial charge >= 0.3 is 0 Å². The van der Waals surface area contributed by atoms with E-state index in [0.717, 1.165) is 17.1 Å². The maximum absolute atomic E-state index is 3.70. The number of benzene rings is 9. The van der Waals surface area contributed by atoms with Gasteiger partial charge in [-0.2, -0.15) is 0 Å². The molecule has 1 aliphatic carbocycles. The van der Waals surface area contributed by atoms with Crippen molar-refractivity contribution in [3.05, 3.63) is 270 Å². The van der Waals surface area contributed by atoms with Crippen LogP contribution in [-0.2, 0) is 5.41 Å². The van der Waals surface area contributed by atoms with Crippen LogP contribution in [0.4, 0.5) is 17.1 Å². The van der Waals surface area contributed by atoms with Crippen molar-refractivity contribution in [3.63, 3.8) is 0 Å². The summed E-state index contributed by atoms with van der Waals surface area (Å²) in [6.07, 6.45) is 4.56. The molecule has 0 bridgehead atoms. The molecule has 62 heavy (non-hydrogen) atoms. The van der Waals surface area contributed by atoms with Crippen LogP contribution in [0.3, 0.4) is 0 Å². The average Bonchev–Trinajstić information content (AvgIpc) is 3.64. The van der Waals surface area contributed by atoms with Gasteiger partial charge in [0, 0.05) is 29.3 Å². The minimum Gasteiger partial charge on any atom is -0.384 e. The first-order valence-electron chi connectivity index (χ1n) is 21.7. The molecule has 1 N–H and O–H groups in total. The highest BCUT2D eigenvalue weighted by Crippen LogP contribution is 2.57. The summed E-state index contributed by atoms with van der Waals surface area (Å²) in [5.41, 5.74) is 19.1. The van der Waals surface area contributed by atoms with Gasteiger partial charge in [0.15, 0.2) is 0 Å². The van der Waals surface area contributed by atoms with Gasteiger partial charge in [0.2, 0.25) is 0 Å². The second-order valence-electron chi connectivity index (χ2n) is 16.6. The maximum Gasteiger partial charge on any atom is 0.0714 e. The normalized spacial score (nSPS) is 14.9. The molecule has 0 aromatic heterocycles. The van der Waals surface area contributed by atoms with Crippen molar-refractivity contribution >= 4 is 39.0 Å². The Balaban J connectivity index is 1.06. The van der Waals surface area contributed by atoms with Gasteiger partial charge in [-0.25, -0.2) is 0 Å². The number of allylic oxidation sites excluding steroid dienone is 2. The smallest absolute Gasteiger partial charge is 0.0714 e. The highest BCUT2D eigenvalue weighted by molar-refractivity contribution is 6.00. The van der Waals surface area contributed by atoms with Crippen molar-refractivity contribution < 1.29 is 0 Å². The van der Waals surface area contributed by atoms with E-state index in [9.17, 15) is 0 Å². The predicted octanol–water partition coefficient (Wildman–Crippen LogP) is 15.1. The summed E-state index contributed by atoms with van der Waals surface area (Å²) in [5.74, 6) is 0. The van der Waals surface area contributed by atoms with Gasteiger partial charge in [0.1, 0.15) is 0 Å². The van der Waals surface area contributed by atoms with Gasteiger partial charge < -0.3 is 10.2 Å². The van der Waals surface area contributed by atoms with Crippen molar-refractivity contribution in [3.8, 4) is 22.3 Å². The summed E-state index contributed by atoms with van der Waals surface area (Å²) in [7, 11) is 0. The SMILES string of the molecule is Cc1ccc2ccccc2c1C1=CC(c2ccc(N(c3ccc(-c4ccccc4)cc3)c3ccc4c(c3)C(c3ccccc3)(c3ccccc3)c3ccccc3-4)cc2)=CNC1C. The van der Waals surface area contributed by atoms with Gasteiger partial charge in [0.25, 0.3) is 0 Å². The third-order valence-corrected chi connectivity index (χ3v) is 13.1. The molecule has 1 aliphatic heterocycles. The zero-order valence-corrected chi connectivity index (χ0v) is 35.0. The molecule has 0 fully saturated rings. The van der Waals surface area contributed by atoms with Crippen LogP contribution in [0.5, 0.6) is 0 Å². The second-order valence-corrected chi connectivity index (χ2v) is 16.6. The molecule has 2 nitrogen and oxygen atoms in total. The van der Waals surface area contributed by atoms with Gasteiger partial charge in [-0.1, -0.05) is 182 Å². The predicted molar refractivity (Wildman–Crippen MR) is 261 cm³/mol.